The van der Waals surface area contributed by atoms with Gasteiger partial charge in [-0.05, 0) is 29.8 Å². The fourth-order valence-corrected chi connectivity index (χ4v) is 3.24. The number of rotatable bonds is 6. The summed E-state index contributed by atoms with van der Waals surface area (Å²) in [7, 11) is 0. The molecule has 0 atom stereocenters. The van der Waals surface area contributed by atoms with Crippen LogP contribution in [-0.4, -0.2) is 34.0 Å². The molecule has 1 aromatic heterocycles. The molecule has 0 unspecified atom stereocenters. The summed E-state index contributed by atoms with van der Waals surface area (Å²) in [6.07, 6.45) is 0. The summed E-state index contributed by atoms with van der Waals surface area (Å²) < 4.78 is 13.0. The maximum Gasteiger partial charge on any atom is 0.273 e. The van der Waals surface area contributed by atoms with Gasteiger partial charge in [0.05, 0.1) is 6.61 Å². The summed E-state index contributed by atoms with van der Waals surface area (Å²) in [4.78, 5) is 18.7. The van der Waals surface area contributed by atoms with Gasteiger partial charge in [0.15, 0.2) is 0 Å². The van der Waals surface area contributed by atoms with E-state index in [9.17, 15) is 14.3 Å². The predicted octanol–water partition coefficient (Wildman–Crippen LogP) is 3.58. The fraction of sp³-hybridized carbons (Fsp3) is 0.158. The van der Waals surface area contributed by atoms with Crippen LogP contribution in [0.4, 0.5) is 4.39 Å². The SMILES string of the molecule is O=C(c1csc(-c2ccc(F)cc2)n1)N(CCO)Cc1ccccc1. The van der Waals surface area contributed by atoms with E-state index in [0.717, 1.165) is 11.1 Å². The van der Waals surface area contributed by atoms with E-state index in [2.05, 4.69) is 4.98 Å². The van der Waals surface area contributed by atoms with E-state index in [0.29, 0.717) is 17.2 Å². The Balaban J connectivity index is 1.79. The number of amides is 1. The van der Waals surface area contributed by atoms with Gasteiger partial charge in [-0.15, -0.1) is 11.3 Å². The van der Waals surface area contributed by atoms with Crippen molar-refractivity contribution in [2.24, 2.45) is 0 Å². The fourth-order valence-electron chi connectivity index (χ4n) is 2.44. The van der Waals surface area contributed by atoms with Gasteiger partial charge in [-0.3, -0.25) is 4.79 Å². The molecule has 1 heterocycles. The Kier molecular flexibility index (Phi) is 5.53. The van der Waals surface area contributed by atoms with Gasteiger partial charge in [-0.1, -0.05) is 30.3 Å². The smallest absolute Gasteiger partial charge is 0.273 e. The molecule has 1 N–H and O–H groups in total. The van der Waals surface area contributed by atoms with Crippen molar-refractivity contribution in [1.82, 2.24) is 9.88 Å². The topological polar surface area (TPSA) is 53.4 Å². The number of aromatic nitrogens is 1. The summed E-state index contributed by atoms with van der Waals surface area (Å²) >= 11 is 1.34. The summed E-state index contributed by atoms with van der Waals surface area (Å²) in [5, 5.41) is 11.6. The van der Waals surface area contributed by atoms with Crippen LogP contribution in [0.25, 0.3) is 10.6 Å². The number of aliphatic hydroxyl groups is 1. The monoisotopic (exact) mass is 356 g/mol. The molecule has 0 radical (unpaired) electrons. The maximum absolute atomic E-state index is 13.0. The normalized spacial score (nSPS) is 10.6. The second kappa shape index (κ2) is 8.00. The summed E-state index contributed by atoms with van der Waals surface area (Å²) in [5.41, 5.74) is 2.08. The van der Waals surface area contributed by atoms with Crippen molar-refractivity contribution in [1.29, 1.82) is 0 Å². The molecule has 0 bridgehead atoms. The lowest BCUT2D eigenvalue weighted by Gasteiger charge is -2.20. The second-order valence-electron chi connectivity index (χ2n) is 5.48. The standard InChI is InChI=1S/C19H17FN2O2S/c20-16-8-6-15(7-9-16)18-21-17(13-25-18)19(24)22(10-11-23)12-14-4-2-1-3-5-14/h1-9,13,23H,10-12H2. The highest BCUT2D eigenvalue weighted by molar-refractivity contribution is 7.13. The summed E-state index contributed by atoms with van der Waals surface area (Å²) in [5.74, 6) is -0.545. The zero-order valence-corrected chi connectivity index (χ0v) is 14.2. The highest BCUT2D eigenvalue weighted by Gasteiger charge is 2.19. The number of hydrogen-bond acceptors (Lipinski definition) is 4. The number of aliphatic hydroxyl groups excluding tert-OH is 1. The molecule has 3 rings (SSSR count). The summed E-state index contributed by atoms with van der Waals surface area (Å²) in [6.45, 7) is 0.522. The summed E-state index contributed by atoms with van der Waals surface area (Å²) in [6, 6.07) is 15.6. The van der Waals surface area contributed by atoms with E-state index in [-0.39, 0.29) is 24.9 Å². The lowest BCUT2D eigenvalue weighted by Crippen LogP contribution is -2.33. The Morgan fingerprint density at radius 1 is 1.12 bits per heavy atom. The second-order valence-corrected chi connectivity index (χ2v) is 6.34. The van der Waals surface area contributed by atoms with E-state index in [1.54, 1.807) is 22.4 Å². The molecule has 1 amide bonds. The molecular formula is C19H17FN2O2S. The third-order valence-corrected chi connectivity index (χ3v) is 4.58. The number of carbonyl (C=O) groups excluding carboxylic acids is 1. The van der Waals surface area contributed by atoms with Crippen LogP contribution < -0.4 is 0 Å². The van der Waals surface area contributed by atoms with Crippen molar-refractivity contribution in [2.45, 2.75) is 6.54 Å². The molecule has 25 heavy (non-hydrogen) atoms. The molecule has 0 aliphatic rings. The Morgan fingerprint density at radius 2 is 1.84 bits per heavy atom. The van der Waals surface area contributed by atoms with E-state index >= 15 is 0 Å². The van der Waals surface area contributed by atoms with Gasteiger partial charge in [0.25, 0.3) is 5.91 Å². The van der Waals surface area contributed by atoms with Gasteiger partial charge in [-0.2, -0.15) is 0 Å². The van der Waals surface area contributed by atoms with Crippen LogP contribution in [0.2, 0.25) is 0 Å². The van der Waals surface area contributed by atoms with Crippen LogP contribution in [0.3, 0.4) is 0 Å². The third kappa shape index (κ3) is 4.29. The Bertz CT molecular complexity index is 834. The molecule has 3 aromatic rings. The molecule has 128 valence electrons. The zero-order valence-electron chi connectivity index (χ0n) is 13.4. The van der Waals surface area contributed by atoms with Gasteiger partial charge >= 0.3 is 0 Å². The average Bonchev–Trinajstić information content (AvgIpc) is 3.12. The molecule has 0 saturated carbocycles. The first-order valence-corrected chi connectivity index (χ1v) is 8.71. The van der Waals surface area contributed by atoms with Crippen molar-refractivity contribution < 1.29 is 14.3 Å². The van der Waals surface area contributed by atoms with E-state index < -0.39 is 0 Å². The molecule has 0 spiro atoms. The molecule has 0 aliphatic heterocycles. The van der Waals surface area contributed by atoms with Crippen LogP contribution in [0.15, 0.2) is 60.0 Å². The van der Waals surface area contributed by atoms with Gasteiger partial charge in [0.2, 0.25) is 0 Å². The lowest BCUT2D eigenvalue weighted by molar-refractivity contribution is 0.0703. The highest BCUT2D eigenvalue weighted by Crippen LogP contribution is 2.24. The first-order chi connectivity index (χ1) is 12.2. The van der Waals surface area contributed by atoms with Gasteiger partial charge < -0.3 is 10.0 Å². The number of benzene rings is 2. The third-order valence-electron chi connectivity index (χ3n) is 3.69. The number of thiazole rings is 1. The Labute approximate surface area is 149 Å². The molecule has 2 aromatic carbocycles. The van der Waals surface area contributed by atoms with Crippen LogP contribution in [-0.2, 0) is 6.54 Å². The van der Waals surface area contributed by atoms with Gasteiger partial charge in [0.1, 0.15) is 16.5 Å². The number of hydrogen-bond donors (Lipinski definition) is 1. The zero-order chi connectivity index (χ0) is 17.6. The molecule has 0 aliphatic carbocycles. The lowest BCUT2D eigenvalue weighted by atomic mass is 10.2. The van der Waals surface area contributed by atoms with E-state index in [1.165, 1.54) is 23.5 Å². The quantitative estimate of drug-likeness (QED) is 0.734. The Morgan fingerprint density at radius 3 is 2.52 bits per heavy atom. The minimum atomic E-state index is -0.311. The van der Waals surface area contributed by atoms with Gasteiger partial charge in [-0.25, -0.2) is 9.37 Å². The predicted molar refractivity (Wildman–Crippen MR) is 95.8 cm³/mol. The van der Waals surface area contributed by atoms with Crippen molar-refractivity contribution in [3.05, 3.63) is 77.1 Å². The number of carbonyl (C=O) groups is 1. The number of halogens is 1. The van der Waals surface area contributed by atoms with Crippen LogP contribution >= 0.6 is 11.3 Å². The Hall–Kier alpha value is -2.57. The molecular weight excluding hydrogens is 339 g/mol. The minimum Gasteiger partial charge on any atom is -0.395 e. The highest BCUT2D eigenvalue weighted by atomic mass is 32.1. The number of nitrogens with zero attached hydrogens (tertiary/aromatic N) is 2. The van der Waals surface area contributed by atoms with Crippen molar-refractivity contribution >= 4 is 17.2 Å². The van der Waals surface area contributed by atoms with Crippen LogP contribution in [0.1, 0.15) is 16.1 Å². The van der Waals surface area contributed by atoms with Crippen LogP contribution in [0, 0.1) is 5.82 Å². The van der Waals surface area contributed by atoms with Crippen molar-refractivity contribution in [2.75, 3.05) is 13.2 Å². The molecule has 0 fully saturated rings. The largest absolute Gasteiger partial charge is 0.395 e. The maximum atomic E-state index is 13.0. The van der Waals surface area contributed by atoms with Crippen molar-refractivity contribution in [3.8, 4) is 10.6 Å². The molecule has 0 saturated heterocycles. The molecule has 6 heteroatoms. The van der Waals surface area contributed by atoms with Crippen molar-refractivity contribution in [3.63, 3.8) is 0 Å². The first kappa shape index (κ1) is 17.3. The molecule has 4 nitrogen and oxygen atoms in total. The van der Waals surface area contributed by atoms with Crippen LogP contribution in [0.5, 0.6) is 0 Å². The first-order valence-electron chi connectivity index (χ1n) is 7.83. The van der Waals surface area contributed by atoms with E-state index in [4.69, 9.17) is 0 Å². The van der Waals surface area contributed by atoms with Gasteiger partial charge in [0, 0.05) is 24.0 Å². The average molecular weight is 356 g/mol. The minimum absolute atomic E-state index is 0.118. The van der Waals surface area contributed by atoms with E-state index in [1.807, 2.05) is 30.3 Å².